The highest BCUT2D eigenvalue weighted by Gasteiger charge is 2.17. The second kappa shape index (κ2) is 6.83. The number of ether oxygens (including phenoxy) is 1. The third kappa shape index (κ3) is 2.97. The number of methoxy groups -OCH3 is 1. The maximum Gasteiger partial charge on any atom is 0.329 e. The van der Waals surface area contributed by atoms with E-state index in [1.807, 2.05) is 0 Å². The molecule has 8 nitrogen and oxygen atoms in total. The lowest BCUT2D eigenvalue weighted by Crippen LogP contribution is -2.31. The van der Waals surface area contributed by atoms with Gasteiger partial charge in [-0.25, -0.2) is 9.78 Å². The molecule has 0 saturated heterocycles. The number of aromatic nitrogens is 3. The van der Waals surface area contributed by atoms with E-state index in [0.29, 0.717) is 23.7 Å². The fraction of sp³-hybridized carbons (Fsp3) is 0.222. The molecule has 0 atom stereocenters. The molecule has 1 amide bonds. The molecule has 8 heteroatoms. The Bertz CT molecular complexity index is 1110. The Hall–Kier alpha value is -3.42. The number of hydrogen-bond donors (Lipinski definition) is 2. The Labute approximate surface area is 148 Å². The number of pyridine rings is 1. The third-order valence-corrected chi connectivity index (χ3v) is 4.07. The first-order valence-corrected chi connectivity index (χ1v) is 8.05. The van der Waals surface area contributed by atoms with Gasteiger partial charge in [0, 0.05) is 6.54 Å². The normalized spacial score (nSPS) is 10.7. The van der Waals surface area contributed by atoms with Gasteiger partial charge < -0.3 is 10.1 Å². The molecule has 0 radical (unpaired) electrons. The van der Waals surface area contributed by atoms with E-state index < -0.39 is 17.2 Å². The van der Waals surface area contributed by atoms with Gasteiger partial charge in [-0.2, -0.15) is 0 Å². The van der Waals surface area contributed by atoms with E-state index >= 15 is 0 Å². The van der Waals surface area contributed by atoms with Gasteiger partial charge in [0.05, 0.1) is 29.4 Å². The molecule has 0 aliphatic heterocycles. The SMILES string of the molecule is CCn1c(=O)[nH]c(=O)c2cc(C(=O)Nc3ccccc3OC)c(C)nc21. The fourth-order valence-corrected chi connectivity index (χ4v) is 2.75. The summed E-state index contributed by atoms with van der Waals surface area (Å²) in [6.07, 6.45) is 0. The number of aromatic amines is 1. The number of nitrogens with zero attached hydrogens (tertiary/aromatic N) is 2. The molecule has 0 aliphatic carbocycles. The van der Waals surface area contributed by atoms with Crippen molar-refractivity contribution in [2.24, 2.45) is 0 Å². The lowest BCUT2D eigenvalue weighted by molar-refractivity contribution is 0.102. The van der Waals surface area contributed by atoms with Crippen LogP contribution in [0.25, 0.3) is 11.0 Å². The number of aryl methyl sites for hydroxylation is 2. The molecule has 1 aromatic carbocycles. The second-order valence-electron chi connectivity index (χ2n) is 5.65. The number of para-hydroxylation sites is 2. The average Bonchev–Trinajstić information content (AvgIpc) is 2.62. The molecule has 2 heterocycles. The van der Waals surface area contributed by atoms with Gasteiger partial charge in [-0.1, -0.05) is 12.1 Å². The van der Waals surface area contributed by atoms with Crippen molar-refractivity contribution in [3.8, 4) is 5.75 Å². The average molecular weight is 354 g/mol. The van der Waals surface area contributed by atoms with Crippen LogP contribution in [0.3, 0.4) is 0 Å². The van der Waals surface area contributed by atoms with Crippen molar-refractivity contribution in [1.82, 2.24) is 14.5 Å². The lowest BCUT2D eigenvalue weighted by Gasteiger charge is -2.12. The van der Waals surface area contributed by atoms with Crippen LogP contribution in [0.15, 0.2) is 39.9 Å². The molecule has 0 unspecified atom stereocenters. The summed E-state index contributed by atoms with van der Waals surface area (Å²) >= 11 is 0. The van der Waals surface area contributed by atoms with E-state index in [9.17, 15) is 14.4 Å². The topological polar surface area (TPSA) is 106 Å². The first-order chi connectivity index (χ1) is 12.5. The summed E-state index contributed by atoms with van der Waals surface area (Å²) in [6.45, 7) is 3.78. The molecule has 2 N–H and O–H groups in total. The number of benzene rings is 1. The van der Waals surface area contributed by atoms with Crippen molar-refractivity contribution in [1.29, 1.82) is 0 Å². The molecule has 0 saturated carbocycles. The molecular formula is C18H18N4O4. The smallest absolute Gasteiger partial charge is 0.329 e. The van der Waals surface area contributed by atoms with Gasteiger partial charge in [-0.05, 0) is 32.0 Å². The lowest BCUT2D eigenvalue weighted by atomic mass is 10.1. The van der Waals surface area contributed by atoms with Gasteiger partial charge in [0.25, 0.3) is 11.5 Å². The number of carbonyl (C=O) groups excluding carboxylic acids is 1. The van der Waals surface area contributed by atoms with Crippen molar-refractivity contribution in [3.05, 3.63) is 62.4 Å². The van der Waals surface area contributed by atoms with E-state index in [1.54, 1.807) is 38.1 Å². The van der Waals surface area contributed by atoms with E-state index in [2.05, 4.69) is 15.3 Å². The van der Waals surface area contributed by atoms with Crippen LogP contribution in [0.2, 0.25) is 0 Å². The third-order valence-electron chi connectivity index (χ3n) is 4.07. The van der Waals surface area contributed by atoms with Crippen LogP contribution in [0, 0.1) is 6.92 Å². The molecule has 3 aromatic rings. The number of carbonyl (C=O) groups is 1. The Morgan fingerprint density at radius 3 is 2.73 bits per heavy atom. The maximum atomic E-state index is 12.7. The van der Waals surface area contributed by atoms with Crippen LogP contribution in [0.4, 0.5) is 5.69 Å². The fourth-order valence-electron chi connectivity index (χ4n) is 2.75. The Morgan fingerprint density at radius 1 is 1.31 bits per heavy atom. The van der Waals surface area contributed by atoms with Gasteiger partial charge in [0.15, 0.2) is 0 Å². The summed E-state index contributed by atoms with van der Waals surface area (Å²) < 4.78 is 6.57. The zero-order chi connectivity index (χ0) is 18.8. The molecule has 2 aromatic heterocycles. The van der Waals surface area contributed by atoms with Gasteiger partial charge >= 0.3 is 5.69 Å². The van der Waals surface area contributed by atoms with Crippen molar-refractivity contribution in [2.75, 3.05) is 12.4 Å². The minimum Gasteiger partial charge on any atom is -0.495 e. The summed E-state index contributed by atoms with van der Waals surface area (Å²) in [5, 5.41) is 2.94. The standard InChI is InChI=1S/C18H18N4O4/c1-4-22-15-12(17(24)21-18(22)25)9-11(10(2)19-15)16(23)20-13-7-5-6-8-14(13)26-3/h5-9H,4H2,1-3H3,(H,20,23)(H,21,24,25). The van der Waals surface area contributed by atoms with E-state index in [1.165, 1.54) is 17.7 Å². The molecule has 134 valence electrons. The number of anilines is 1. The molecule has 0 fully saturated rings. The largest absolute Gasteiger partial charge is 0.495 e. The first kappa shape index (κ1) is 17.4. The monoisotopic (exact) mass is 354 g/mol. The molecule has 26 heavy (non-hydrogen) atoms. The number of fused-ring (bicyclic) bond motifs is 1. The van der Waals surface area contributed by atoms with Crippen LogP contribution in [-0.4, -0.2) is 27.6 Å². The minimum absolute atomic E-state index is 0.183. The number of nitrogens with one attached hydrogen (secondary N) is 2. The summed E-state index contributed by atoms with van der Waals surface area (Å²) in [4.78, 5) is 43.3. The summed E-state index contributed by atoms with van der Waals surface area (Å²) in [5.74, 6) is 0.0972. The van der Waals surface area contributed by atoms with Crippen molar-refractivity contribution >= 4 is 22.6 Å². The number of amides is 1. The molecule has 3 rings (SSSR count). The summed E-state index contributed by atoms with van der Waals surface area (Å²) in [7, 11) is 1.51. The van der Waals surface area contributed by atoms with Crippen molar-refractivity contribution < 1.29 is 9.53 Å². The van der Waals surface area contributed by atoms with Crippen molar-refractivity contribution in [2.45, 2.75) is 20.4 Å². The van der Waals surface area contributed by atoms with E-state index in [-0.39, 0.29) is 16.6 Å². The highest BCUT2D eigenvalue weighted by molar-refractivity contribution is 6.07. The summed E-state index contributed by atoms with van der Waals surface area (Å²) in [5.41, 5.74) is 0.323. The van der Waals surface area contributed by atoms with Gasteiger partial charge in [0.1, 0.15) is 11.4 Å². The van der Waals surface area contributed by atoms with Crippen LogP contribution in [0.5, 0.6) is 5.75 Å². The Balaban J connectivity index is 2.11. The predicted octanol–water partition coefficient (Wildman–Crippen LogP) is 1.67. The van der Waals surface area contributed by atoms with E-state index in [4.69, 9.17) is 4.74 Å². The molecule has 0 bridgehead atoms. The summed E-state index contributed by atoms with van der Waals surface area (Å²) in [6, 6.07) is 8.45. The molecule has 0 aliphatic rings. The van der Waals surface area contributed by atoms with Crippen LogP contribution in [-0.2, 0) is 6.54 Å². The van der Waals surface area contributed by atoms with Crippen LogP contribution >= 0.6 is 0 Å². The quantitative estimate of drug-likeness (QED) is 0.741. The van der Waals surface area contributed by atoms with Gasteiger partial charge in [-0.15, -0.1) is 0 Å². The Morgan fingerprint density at radius 2 is 2.04 bits per heavy atom. The van der Waals surface area contributed by atoms with Crippen molar-refractivity contribution in [3.63, 3.8) is 0 Å². The number of hydrogen-bond acceptors (Lipinski definition) is 5. The highest BCUT2D eigenvalue weighted by Crippen LogP contribution is 2.24. The maximum absolute atomic E-state index is 12.7. The zero-order valence-electron chi connectivity index (χ0n) is 14.6. The van der Waals surface area contributed by atoms with Crippen LogP contribution in [0.1, 0.15) is 23.0 Å². The van der Waals surface area contributed by atoms with Crippen LogP contribution < -0.4 is 21.3 Å². The van der Waals surface area contributed by atoms with Gasteiger partial charge in [-0.3, -0.25) is 19.1 Å². The number of rotatable bonds is 4. The molecular weight excluding hydrogens is 336 g/mol. The highest BCUT2D eigenvalue weighted by atomic mass is 16.5. The van der Waals surface area contributed by atoms with Gasteiger partial charge in [0.2, 0.25) is 0 Å². The predicted molar refractivity (Wildman–Crippen MR) is 98.0 cm³/mol. The number of H-pyrrole nitrogens is 1. The Kier molecular flexibility index (Phi) is 4.57. The molecule has 0 spiro atoms. The van der Waals surface area contributed by atoms with E-state index in [0.717, 1.165) is 0 Å². The minimum atomic E-state index is -0.575. The second-order valence-corrected chi connectivity index (χ2v) is 5.65. The first-order valence-electron chi connectivity index (χ1n) is 8.05. The zero-order valence-corrected chi connectivity index (χ0v) is 14.6.